The van der Waals surface area contributed by atoms with E-state index >= 15 is 0 Å². The molecule has 8 heteroatoms. The third-order valence-corrected chi connectivity index (χ3v) is 6.41. The lowest BCUT2D eigenvalue weighted by Gasteiger charge is -2.10. The average molecular weight is 501 g/mol. The molecule has 0 bridgehead atoms. The summed E-state index contributed by atoms with van der Waals surface area (Å²) in [5.74, 6) is -0.408. The molecule has 0 spiro atoms. The number of rotatable bonds is 4. The molecule has 1 heterocycles. The van der Waals surface area contributed by atoms with Crippen molar-refractivity contribution in [3.05, 3.63) is 97.2 Å². The smallest absolute Gasteiger partial charge is 0.129 e. The van der Waals surface area contributed by atoms with Crippen LogP contribution in [0.3, 0.4) is 0 Å². The summed E-state index contributed by atoms with van der Waals surface area (Å²) < 4.78 is 16.1. The van der Waals surface area contributed by atoms with Crippen LogP contribution in [0.4, 0.5) is 4.39 Å². The molecule has 0 fully saturated rings. The van der Waals surface area contributed by atoms with Gasteiger partial charge in [0.15, 0.2) is 0 Å². The lowest BCUT2D eigenvalue weighted by Crippen LogP contribution is -2.06. The predicted molar refractivity (Wildman–Crippen MR) is 124 cm³/mol. The Balaban J connectivity index is 1.87. The molecule has 0 saturated carbocycles. The molecule has 0 aliphatic heterocycles. The average Bonchev–Trinajstić information content (AvgIpc) is 3.13. The standard InChI is InChI=1S/C22H12Cl5FN2/c23-15-2-1-3-20(28)14(15)11-30-22(13-5-7-17(25)19(27)9-13)10-21(29-30)12-4-6-16(24)18(26)8-12/h1-10H,11H2. The van der Waals surface area contributed by atoms with E-state index in [1.807, 2.05) is 18.2 Å². The van der Waals surface area contributed by atoms with Crippen LogP contribution in [0.5, 0.6) is 0 Å². The number of hydrogen-bond acceptors (Lipinski definition) is 1. The van der Waals surface area contributed by atoms with Gasteiger partial charge in [-0.2, -0.15) is 5.10 Å². The molecule has 1 aromatic heterocycles. The molecule has 0 radical (unpaired) electrons. The van der Waals surface area contributed by atoms with Crippen molar-refractivity contribution >= 4 is 58.0 Å². The largest absolute Gasteiger partial charge is 0.260 e. The van der Waals surface area contributed by atoms with Crippen molar-refractivity contribution in [3.63, 3.8) is 0 Å². The van der Waals surface area contributed by atoms with E-state index in [2.05, 4.69) is 5.10 Å². The monoisotopic (exact) mass is 498 g/mol. The Morgan fingerprint density at radius 1 is 0.700 bits per heavy atom. The molecule has 3 aromatic carbocycles. The Labute approximate surface area is 197 Å². The highest BCUT2D eigenvalue weighted by atomic mass is 35.5. The van der Waals surface area contributed by atoms with Crippen LogP contribution in [-0.2, 0) is 6.54 Å². The van der Waals surface area contributed by atoms with Crippen LogP contribution >= 0.6 is 58.0 Å². The molecule has 0 aliphatic carbocycles. The summed E-state index contributed by atoms with van der Waals surface area (Å²) in [6.45, 7) is 0.127. The zero-order chi connectivity index (χ0) is 21.4. The zero-order valence-electron chi connectivity index (χ0n) is 15.1. The molecule has 0 aliphatic rings. The lowest BCUT2D eigenvalue weighted by atomic mass is 10.1. The summed E-state index contributed by atoms with van der Waals surface area (Å²) in [4.78, 5) is 0. The van der Waals surface area contributed by atoms with Gasteiger partial charge in [0.2, 0.25) is 0 Å². The van der Waals surface area contributed by atoms with Crippen molar-refractivity contribution in [1.29, 1.82) is 0 Å². The maximum absolute atomic E-state index is 14.4. The van der Waals surface area contributed by atoms with Crippen LogP contribution in [0, 0.1) is 5.82 Å². The lowest BCUT2D eigenvalue weighted by molar-refractivity contribution is 0.587. The summed E-state index contributed by atoms with van der Waals surface area (Å²) >= 11 is 30.7. The van der Waals surface area contributed by atoms with Gasteiger partial charge in [-0.05, 0) is 42.5 Å². The SMILES string of the molecule is Fc1cccc(Cl)c1Cn1nc(-c2ccc(Cl)c(Cl)c2)cc1-c1ccc(Cl)c(Cl)c1. The van der Waals surface area contributed by atoms with E-state index < -0.39 is 5.82 Å². The van der Waals surface area contributed by atoms with Gasteiger partial charge in [-0.25, -0.2) is 4.39 Å². The summed E-state index contributed by atoms with van der Waals surface area (Å²) in [5, 5.41) is 6.70. The van der Waals surface area contributed by atoms with Gasteiger partial charge >= 0.3 is 0 Å². The Hall–Kier alpha value is -1.75. The minimum Gasteiger partial charge on any atom is -0.260 e. The predicted octanol–water partition coefficient (Wildman–Crippen LogP) is 8.67. The van der Waals surface area contributed by atoms with Gasteiger partial charge in [-0.15, -0.1) is 0 Å². The van der Waals surface area contributed by atoms with E-state index in [4.69, 9.17) is 58.0 Å². The summed E-state index contributed by atoms with van der Waals surface area (Å²) in [5.41, 5.74) is 3.24. The Kier molecular flexibility index (Phi) is 6.29. The zero-order valence-corrected chi connectivity index (χ0v) is 18.9. The summed E-state index contributed by atoms with van der Waals surface area (Å²) in [7, 11) is 0. The molecular weight excluding hydrogens is 489 g/mol. The van der Waals surface area contributed by atoms with Gasteiger partial charge < -0.3 is 0 Å². The van der Waals surface area contributed by atoms with Crippen LogP contribution in [-0.4, -0.2) is 9.78 Å². The van der Waals surface area contributed by atoms with Crippen molar-refractivity contribution < 1.29 is 4.39 Å². The molecule has 0 saturated heterocycles. The second-order valence-electron chi connectivity index (χ2n) is 6.53. The van der Waals surface area contributed by atoms with Crippen molar-refractivity contribution in [2.75, 3.05) is 0 Å². The fourth-order valence-electron chi connectivity index (χ4n) is 3.05. The van der Waals surface area contributed by atoms with E-state index in [0.717, 1.165) is 11.1 Å². The Morgan fingerprint density at radius 3 is 1.97 bits per heavy atom. The highest BCUT2D eigenvalue weighted by Crippen LogP contribution is 2.34. The van der Waals surface area contributed by atoms with Crippen molar-refractivity contribution in [2.45, 2.75) is 6.54 Å². The third kappa shape index (κ3) is 4.32. The quantitative estimate of drug-likeness (QED) is 0.274. The highest BCUT2D eigenvalue weighted by molar-refractivity contribution is 6.42. The number of hydrogen-bond donors (Lipinski definition) is 0. The summed E-state index contributed by atoms with van der Waals surface area (Å²) in [6, 6.07) is 16.9. The molecule has 0 unspecified atom stereocenters. The molecule has 30 heavy (non-hydrogen) atoms. The van der Waals surface area contributed by atoms with Crippen LogP contribution in [0.15, 0.2) is 60.7 Å². The van der Waals surface area contributed by atoms with Crippen molar-refractivity contribution in [1.82, 2.24) is 9.78 Å². The van der Waals surface area contributed by atoms with Gasteiger partial charge in [0, 0.05) is 21.7 Å². The normalized spacial score (nSPS) is 11.1. The Morgan fingerprint density at radius 2 is 1.33 bits per heavy atom. The fraction of sp³-hybridized carbons (Fsp3) is 0.0455. The van der Waals surface area contributed by atoms with Crippen molar-refractivity contribution in [3.8, 4) is 22.5 Å². The van der Waals surface area contributed by atoms with Crippen LogP contribution < -0.4 is 0 Å². The number of halogens is 6. The molecule has 0 amide bonds. The third-order valence-electron chi connectivity index (χ3n) is 4.58. The number of aromatic nitrogens is 2. The second-order valence-corrected chi connectivity index (χ2v) is 8.57. The molecule has 0 N–H and O–H groups in total. The first-order valence-corrected chi connectivity index (χ1v) is 10.6. The minimum absolute atomic E-state index is 0.127. The maximum Gasteiger partial charge on any atom is 0.129 e. The van der Waals surface area contributed by atoms with Gasteiger partial charge in [0.05, 0.1) is 38.0 Å². The Bertz CT molecular complexity index is 1230. The van der Waals surface area contributed by atoms with Gasteiger partial charge in [-0.3, -0.25) is 4.68 Å². The van der Waals surface area contributed by atoms with Gasteiger partial charge in [-0.1, -0.05) is 76.2 Å². The first-order chi connectivity index (χ1) is 14.3. The highest BCUT2D eigenvalue weighted by Gasteiger charge is 2.16. The molecular formula is C22H12Cl5FN2. The number of benzene rings is 3. The molecule has 4 aromatic rings. The van der Waals surface area contributed by atoms with Crippen molar-refractivity contribution in [2.24, 2.45) is 0 Å². The van der Waals surface area contributed by atoms with E-state index in [1.54, 1.807) is 41.1 Å². The van der Waals surface area contributed by atoms with Crippen LogP contribution in [0.25, 0.3) is 22.5 Å². The van der Waals surface area contributed by atoms with Gasteiger partial charge in [0.25, 0.3) is 0 Å². The van der Waals surface area contributed by atoms with E-state index in [9.17, 15) is 4.39 Å². The molecule has 4 rings (SSSR count). The van der Waals surface area contributed by atoms with E-state index in [1.165, 1.54) is 6.07 Å². The number of nitrogens with zero attached hydrogens (tertiary/aromatic N) is 2. The second kappa shape index (κ2) is 8.78. The van der Waals surface area contributed by atoms with Gasteiger partial charge in [0.1, 0.15) is 5.82 Å². The van der Waals surface area contributed by atoms with E-state index in [-0.39, 0.29) is 6.54 Å². The first-order valence-electron chi connectivity index (χ1n) is 8.75. The maximum atomic E-state index is 14.4. The van der Waals surface area contributed by atoms with Crippen LogP contribution in [0.1, 0.15) is 5.56 Å². The molecule has 2 nitrogen and oxygen atoms in total. The topological polar surface area (TPSA) is 17.8 Å². The van der Waals surface area contributed by atoms with Crippen LogP contribution in [0.2, 0.25) is 25.1 Å². The first kappa shape index (κ1) is 21.5. The summed E-state index contributed by atoms with van der Waals surface area (Å²) in [6.07, 6.45) is 0. The minimum atomic E-state index is -0.408. The fourth-order valence-corrected chi connectivity index (χ4v) is 3.87. The molecule has 0 atom stereocenters. The molecule has 152 valence electrons. The van der Waals surface area contributed by atoms with E-state index in [0.29, 0.717) is 42.1 Å².